The van der Waals surface area contributed by atoms with Gasteiger partial charge in [-0.05, 0) is 43.2 Å². The van der Waals surface area contributed by atoms with Crippen molar-refractivity contribution in [3.05, 3.63) is 69.0 Å². The van der Waals surface area contributed by atoms with Gasteiger partial charge in [-0.1, -0.05) is 18.2 Å². The van der Waals surface area contributed by atoms with Crippen LogP contribution in [0.25, 0.3) is 16.6 Å². The van der Waals surface area contributed by atoms with Crippen LogP contribution < -0.4 is 11.3 Å². The minimum absolute atomic E-state index is 0.0991. The smallest absolute Gasteiger partial charge is 0.416 e. The number of halogens is 3. The van der Waals surface area contributed by atoms with Gasteiger partial charge < -0.3 is 15.6 Å². The fraction of sp³-hybridized carbons (Fsp3) is 0.238. The first-order valence-corrected chi connectivity index (χ1v) is 8.90. The number of aryl methyl sites for hydroxylation is 1. The molecule has 0 aliphatic rings. The van der Waals surface area contributed by atoms with Crippen LogP contribution >= 0.6 is 0 Å². The topological polar surface area (TPSA) is 94.6 Å². The highest BCUT2D eigenvalue weighted by Crippen LogP contribution is 2.34. The van der Waals surface area contributed by atoms with E-state index in [2.05, 4.69) is 4.74 Å². The summed E-state index contributed by atoms with van der Waals surface area (Å²) < 4.78 is 45.6. The van der Waals surface area contributed by atoms with Crippen LogP contribution in [0.2, 0.25) is 0 Å². The van der Waals surface area contributed by atoms with E-state index in [1.807, 2.05) is 0 Å². The summed E-state index contributed by atoms with van der Waals surface area (Å²) in [4.78, 5) is 25.4. The maximum atomic E-state index is 13.3. The first-order valence-electron chi connectivity index (χ1n) is 8.90. The SMILES string of the molecule is COC(=O)c1c(N)c2ccc(C(F)(F)F)cc2n(-c2ccc(C(C)O)cc2C)c1=O. The summed E-state index contributed by atoms with van der Waals surface area (Å²) in [5.41, 5.74) is 4.60. The van der Waals surface area contributed by atoms with Crippen molar-refractivity contribution in [1.29, 1.82) is 0 Å². The Labute approximate surface area is 169 Å². The van der Waals surface area contributed by atoms with Crippen LogP contribution in [0.3, 0.4) is 0 Å². The second kappa shape index (κ2) is 7.49. The van der Waals surface area contributed by atoms with E-state index in [0.717, 1.165) is 29.9 Å². The van der Waals surface area contributed by atoms with Gasteiger partial charge in [0.2, 0.25) is 0 Å². The first kappa shape index (κ1) is 21.4. The summed E-state index contributed by atoms with van der Waals surface area (Å²) in [6.07, 6.45) is -5.42. The Morgan fingerprint density at radius 3 is 2.40 bits per heavy atom. The number of hydrogen-bond acceptors (Lipinski definition) is 5. The summed E-state index contributed by atoms with van der Waals surface area (Å²) in [7, 11) is 1.07. The fourth-order valence-electron chi connectivity index (χ4n) is 3.32. The van der Waals surface area contributed by atoms with Crippen molar-refractivity contribution in [1.82, 2.24) is 4.57 Å². The van der Waals surface area contributed by atoms with Crippen molar-refractivity contribution in [2.45, 2.75) is 26.1 Å². The molecule has 0 saturated carbocycles. The number of aromatic nitrogens is 1. The van der Waals surface area contributed by atoms with Crippen LogP contribution in [0.1, 0.15) is 40.1 Å². The van der Waals surface area contributed by atoms with E-state index in [4.69, 9.17) is 5.73 Å². The number of nitrogens with zero attached hydrogens (tertiary/aromatic N) is 1. The van der Waals surface area contributed by atoms with E-state index in [1.165, 1.54) is 6.07 Å². The molecular weight excluding hydrogens is 401 g/mol. The quantitative estimate of drug-likeness (QED) is 0.630. The lowest BCUT2D eigenvalue weighted by atomic mass is 10.0. The molecule has 0 saturated heterocycles. The molecule has 1 atom stereocenters. The van der Waals surface area contributed by atoms with Crippen LogP contribution in [0.4, 0.5) is 18.9 Å². The summed E-state index contributed by atoms with van der Waals surface area (Å²) in [5, 5.41) is 9.87. The highest BCUT2D eigenvalue weighted by molar-refractivity contribution is 6.04. The standard InChI is InChI=1S/C21H19F3N2O4/c1-10-8-12(11(2)27)4-7-15(10)26-16-9-13(21(22,23)24)5-6-14(16)18(25)17(19(26)28)20(29)30-3/h4-9,11,27H,25H2,1-3H3. The summed E-state index contributed by atoms with van der Waals surface area (Å²) in [6.45, 7) is 3.20. The van der Waals surface area contributed by atoms with Gasteiger partial charge in [-0.25, -0.2) is 4.79 Å². The summed E-state index contributed by atoms with van der Waals surface area (Å²) in [6, 6.07) is 7.42. The van der Waals surface area contributed by atoms with Crippen LogP contribution in [0.15, 0.2) is 41.2 Å². The van der Waals surface area contributed by atoms with Gasteiger partial charge in [0.25, 0.3) is 5.56 Å². The molecule has 3 N–H and O–H groups in total. The number of benzene rings is 2. The third-order valence-electron chi connectivity index (χ3n) is 4.88. The van der Waals surface area contributed by atoms with Crippen LogP contribution in [0.5, 0.6) is 0 Å². The number of rotatable bonds is 3. The van der Waals surface area contributed by atoms with Gasteiger partial charge in [0.1, 0.15) is 5.56 Å². The molecule has 0 amide bonds. The van der Waals surface area contributed by atoms with Gasteiger partial charge in [0, 0.05) is 5.39 Å². The van der Waals surface area contributed by atoms with E-state index in [9.17, 15) is 27.9 Å². The minimum Gasteiger partial charge on any atom is -0.465 e. The van der Waals surface area contributed by atoms with Crippen molar-refractivity contribution in [3.8, 4) is 5.69 Å². The number of methoxy groups -OCH3 is 1. The Bertz CT molecular complexity index is 1210. The zero-order valence-electron chi connectivity index (χ0n) is 16.4. The molecule has 0 bridgehead atoms. The molecule has 0 spiro atoms. The zero-order chi connectivity index (χ0) is 22.4. The van der Waals surface area contributed by atoms with Crippen molar-refractivity contribution < 1.29 is 27.8 Å². The van der Waals surface area contributed by atoms with Gasteiger partial charge in [-0.3, -0.25) is 9.36 Å². The van der Waals surface area contributed by atoms with Gasteiger partial charge in [0.05, 0.1) is 35.7 Å². The maximum Gasteiger partial charge on any atom is 0.416 e. The van der Waals surface area contributed by atoms with E-state index in [1.54, 1.807) is 26.0 Å². The predicted octanol–water partition coefficient (Wildman–Crippen LogP) is 3.74. The molecule has 158 valence electrons. The number of carbonyl (C=O) groups excluding carboxylic acids is 1. The largest absolute Gasteiger partial charge is 0.465 e. The number of carbonyl (C=O) groups is 1. The number of aliphatic hydroxyl groups is 1. The third kappa shape index (κ3) is 3.52. The monoisotopic (exact) mass is 420 g/mol. The molecule has 1 unspecified atom stereocenters. The minimum atomic E-state index is -4.64. The van der Waals surface area contributed by atoms with Gasteiger partial charge in [-0.2, -0.15) is 13.2 Å². The lowest BCUT2D eigenvalue weighted by Gasteiger charge is -2.19. The molecule has 0 aliphatic carbocycles. The molecule has 0 fully saturated rings. The Morgan fingerprint density at radius 1 is 1.20 bits per heavy atom. The van der Waals surface area contributed by atoms with Crippen molar-refractivity contribution in [2.24, 2.45) is 0 Å². The number of aliphatic hydroxyl groups excluding tert-OH is 1. The molecule has 2 aromatic carbocycles. The Morgan fingerprint density at radius 2 is 1.87 bits per heavy atom. The second-order valence-electron chi connectivity index (χ2n) is 6.87. The Kier molecular flexibility index (Phi) is 5.34. The van der Waals surface area contributed by atoms with Crippen molar-refractivity contribution in [3.63, 3.8) is 0 Å². The van der Waals surface area contributed by atoms with Gasteiger partial charge in [-0.15, -0.1) is 0 Å². The molecule has 9 heteroatoms. The number of hydrogen-bond donors (Lipinski definition) is 2. The number of alkyl halides is 3. The number of nitrogen functional groups attached to an aromatic ring is 1. The highest BCUT2D eigenvalue weighted by Gasteiger charge is 2.32. The zero-order valence-corrected chi connectivity index (χ0v) is 16.4. The number of esters is 1. The summed E-state index contributed by atoms with van der Waals surface area (Å²) >= 11 is 0. The van der Waals surface area contributed by atoms with Crippen molar-refractivity contribution in [2.75, 3.05) is 12.8 Å². The van der Waals surface area contributed by atoms with Gasteiger partial charge >= 0.3 is 12.1 Å². The Balaban J connectivity index is 2.49. The maximum absolute atomic E-state index is 13.3. The molecule has 1 aromatic heterocycles. The lowest BCUT2D eigenvalue weighted by Crippen LogP contribution is -2.29. The van der Waals surface area contributed by atoms with E-state index >= 15 is 0 Å². The lowest BCUT2D eigenvalue weighted by molar-refractivity contribution is -0.137. The number of pyridine rings is 1. The van der Waals surface area contributed by atoms with E-state index < -0.39 is 34.9 Å². The molecular formula is C21H19F3N2O4. The first-order chi connectivity index (χ1) is 14.0. The molecule has 3 rings (SSSR count). The fourth-order valence-corrected chi connectivity index (χ4v) is 3.32. The molecule has 6 nitrogen and oxygen atoms in total. The average Bonchev–Trinajstić information content (AvgIpc) is 2.67. The normalized spacial score (nSPS) is 12.8. The molecule has 0 radical (unpaired) electrons. The average molecular weight is 420 g/mol. The summed E-state index contributed by atoms with van der Waals surface area (Å²) in [5.74, 6) is -0.994. The van der Waals surface area contributed by atoms with E-state index in [-0.39, 0.29) is 22.3 Å². The number of anilines is 1. The molecule has 0 aliphatic heterocycles. The van der Waals surface area contributed by atoms with Crippen LogP contribution in [-0.4, -0.2) is 22.8 Å². The third-order valence-corrected chi connectivity index (χ3v) is 4.88. The predicted molar refractivity (Wildman–Crippen MR) is 106 cm³/mol. The number of ether oxygens (including phenoxy) is 1. The Hall–Kier alpha value is -3.33. The van der Waals surface area contributed by atoms with Crippen molar-refractivity contribution >= 4 is 22.6 Å². The highest BCUT2D eigenvalue weighted by atomic mass is 19.4. The molecule has 1 heterocycles. The molecule has 30 heavy (non-hydrogen) atoms. The van der Waals surface area contributed by atoms with Crippen LogP contribution in [-0.2, 0) is 10.9 Å². The number of fused-ring (bicyclic) bond motifs is 1. The molecule has 3 aromatic rings. The van der Waals surface area contributed by atoms with Crippen LogP contribution in [0, 0.1) is 6.92 Å². The number of nitrogens with two attached hydrogens (primary N) is 1. The van der Waals surface area contributed by atoms with E-state index in [0.29, 0.717) is 11.1 Å². The van der Waals surface area contributed by atoms with Gasteiger partial charge in [0.15, 0.2) is 0 Å². The second-order valence-corrected chi connectivity index (χ2v) is 6.87.